The second kappa shape index (κ2) is 14.9. The zero-order valence-corrected chi connectivity index (χ0v) is 19.9. The predicted octanol–water partition coefficient (Wildman–Crippen LogP) is -3.84. The number of rotatable bonds is 16. The number of aliphatic imine (C=N–C) groups is 1. The van der Waals surface area contributed by atoms with Crippen LogP contribution in [0, 0.1) is 0 Å². The van der Waals surface area contributed by atoms with Crippen molar-refractivity contribution in [1.82, 2.24) is 25.9 Å². The smallest absolute Gasteiger partial charge is 0.326 e. The Balaban J connectivity index is 2.74. The molecular formula is C20H34N10O6. The van der Waals surface area contributed by atoms with Crippen LogP contribution in [0.5, 0.6) is 0 Å². The van der Waals surface area contributed by atoms with Crippen LogP contribution in [0.3, 0.4) is 0 Å². The number of hydrogen-bond acceptors (Lipinski definition) is 8. The molecule has 0 aliphatic heterocycles. The van der Waals surface area contributed by atoms with Crippen LogP contribution in [0.2, 0.25) is 0 Å². The predicted molar refractivity (Wildman–Crippen MR) is 128 cm³/mol. The monoisotopic (exact) mass is 510 g/mol. The highest BCUT2D eigenvalue weighted by Gasteiger charge is 2.28. The summed E-state index contributed by atoms with van der Waals surface area (Å²) in [7, 11) is 0. The molecule has 0 bridgehead atoms. The van der Waals surface area contributed by atoms with Gasteiger partial charge < -0.3 is 49.0 Å². The molecule has 0 fully saturated rings. The Morgan fingerprint density at radius 1 is 1.03 bits per heavy atom. The van der Waals surface area contributed by atoms with Crippen molar-refractivity contribution in [3.05, 3.63) is 18.2 Å². The van der Waals surface area contributed by atoms with E-state index in [0.29, 0.717) is 5.69 Å². The molecule has 200 valence electrons. The Labute approximate surface area is 207 Å². The number of guanidine groups is 1. The maximum absolute atomic E-state index is 12.8. The highest BCUT2D eigenvalue weighted by molar-refractivity contribution is 5.94. The lowest BCUT2D eigenvalue weighted by atomic mass is 10.1. The summed E-state index contributed by atoms with van der Waals surface area (Å²) < 4.78 is 0. The van der Waals surface area contributed by atoms with Gasteiger partial charge in [-0.05, 0) is 26.2 Å². The molecule has 13 N–H and O–H groups in total. The van der Waals surface area contributed by atoms with Crippen molar-refractivity contribution in [3.8, 4) is 0 Å². The highest BCUT2D eigenvalue weighted by Crippen LogP contribution is 2.03. The number of carboxylic acid groups (broad SMARTS) is 1. The first-order chi connectivity index (χ1) is 16.9. The van der Waals surface area contributed by atoms with E-state index < -0.39 is 53.8 Å². The molecule has 1 heterocycles. The molecule has 0 radical (unpaired) electrons. The van der Waals surface area contributed by atoms with E-state index in [1.165, 1.54) is 19.4 Å². The molecule has 0 aromatic carbocycles. The lowest BCUT2D eigenvalue weighted by molar-refractivity contribution is -0.142. The number of primary amides is 1. The SMILES string of the molecule is CC(NC(=O)C(CCC(N)=O)NC(=O)C(N)Cc1cnc[nH]1)C(=O)NC(CCCN=C(N)N)C(=O)O. The van der Waals surface area contributed by atoms with Crippen molar-refractivity contribution in [2.75, 3.05) is 6.54 Å². The zero-order valence-electron chi connectivity index (χ0n) is 19.9. The molecule has 16 nitrogen and oxygen atoms in total. The molecule has 4 atom stereocenters. The summed E-state index contributed by atoms with van der Waals surface area (Å²) in [6.45, 7) is 1.51. The molecule has 36 heavy (non-hydrogen) atoms. The first-order valence-corrected chi connectivity index (χ1v) is 11.1. The highest BCUT2D eigenvalue weighted by atomic mass is 16.4. The molecule has 0 aliphatic carbocycles. The summed E-state index contributed by atoms with van der Waals surface area (Å²) in [6.07, 6.45) is 3.02. The van der Waals surface area contributed by atoms with Gasteiger partial charge in [0, 0.05) is 31.3 Å². The largest absolute Gasteiger partial charge is 0.480 e. The van der Waals surface area contributed by atoms with E-state index in [9.17, 15) is 29.1 Å². The van der Waals surface area contributed by atoms with Crippen LogP contribution in [0.4, 0.5) is 0 Å². The van der Waals surface area contributed by atoms with Gasteiger partial charge in [0.1, 0.15) is 18.1 Å². The molecular weight excluding hydrogens is 476 g/mol. The third kappa shape index (κ3) is 11.3. The number of aromatic amines is 1. The van der Waals surface area contributed by atoms with Crippen LogP contribution >= 0.6 is 0 Å². The number of carboxylic acids is 1. The molecule has 4 amide bonds. The molecule has 1 aromatic heterocycles. The van der Waals surface area contributed by atoms with Gasteiger partial charge in [-0.15, -0.1) is 0 Å². The third-order valence-electron chi connectivity index (χ3n) is 4.96. The van der Waals surface area contributed by atoms with Crippen molar-refractivity contribution in [3.63, 3.8) is 0 Å². The van der Waals surface area contributed by atoms with Crippen LogP contribution in [0.25, 0.3) is 0 Å². The van der Waals surface area contributed by atoms with Gasteiger partial charge in [-0.25, -0.2) is 9.78 Å². The average Bonchev–Trinajstić information content (AvgIpc) is 3.30. The number of carbonyl (C=O) groups excluding carboxylic acids is 4. The Morgan fingerprint density at radius 2 is 1.69 bits per heavy atom. The van der Waals surface area contributed by atoms with E-state index in [2.05, 4.69) is 30.9 Å². The summed E-state index contributed by atoms with van der Waals surface area (Å²) in [5, 5.41) is 16.5. The van der Waals surface area contributed by atoms with Gasteiger partial charge in [0.15, 0.2) is 5.96 Å². The molecule has 1 rings (SSSR count). The number of imidazole rings is 1. The fourth-order valence-corrected chi connectivity index (χ4v) is 3.00. The van der Waals surface area contributed by atoms with Gasteiger partial charge in [-0.2, -0.15) is 0 Å². The van der Waals surface area contributed by atoms with E-state index >= 15 is 0 Å². The van der Waals surface area contributed by atoms with Crippen molar-refractivity contribution in [2.45, 2.75) is 63.2 Å². The maximum Gasteiger partial charge on any atom is 0.326 e. The van der Waals surface area contributed by atoms with Gasteiger partial charge in [0.05, 0.1) is 12.4 Å². The number of H-pyrrole nitrogens is 1. The fraction of sp³-hybridized carbons (Fsp3) is 0.550. The van der Waals surface area contributed by atoms with Gasteiger partial charge in [-0.3, -0.25) is 24.2 Å². The maximum atomic E-state index is 12.8. The first-order valence-electron chi connectivity index (χ1n) is 11.1. The molecule has 1 aromatic rings. The van der Waals surface area contributed by atoms with E-state index in [1.54, 1.807) is 0 Å². The number of hydrogen-bond donors (Lipinski definition) is 9. The van der Waals surface area contributed by atoms with Crippen molar-refractivity contribution < 1.29 is 29.1 Å². The topological polar surface area (TPSA) is 287 Å². The van der Waals surface area contributed by atoms with Crippen LogP contribution in [-0.2, 0) is 30.4 Å². The first kappa shape index (κ1) is 29.8. The summed E-state index contributed by atoms with van der Waals surface area (Å²) in [5.41, 5.74) is 22.1. The van der Waals surface area contributed by atoms with Crippen LogP contribution < -0.4 is 38.9 Å². The molecule has 0 saturated heterocycles. The summed E-state index contributed by atoms with van der Waals surface area (Å²) in [6, 6.07) is -4.64. The number of carbonyl (C=O) groups is 5. The van der Waals surface area contributed by atoms with E-state index in [4.69, 9.17) is 22.9 Å². The Bertz CT molecular complexity index is 931. The Morgan fingerprint density at radius 3 is 2.25 bits per heavy atom. The molecule has 0 saturated carbocycles. The normalized spacial score (nSPS) is 13.9. The van der Waals surface area contributed by atoms with Crippen LogP contribution in [-0.4, -0.2) is 81.3 Å². The lowest BCUT2D eigenvalue weighted by Gasteiger charge is -2.23. The van der Waals surface area contributed by atoms with Crippen LogP contribution in [0.15, 0.2) is 17.5 Å². The van der Waals surface area contributed by atoms with Crippen molar-refractivity contribution in [2.24, 2.45) is 27.9 Å². The molecule has 0 spiro atoms. The summed E-state index contributed by atoms with van der Waals surface area (Å²) >= 11 is 0. The number of nitrogens with one attached hydrogen (secondary N) is 4. The minimum absolute atomic E-state index is 0.0457. The molecule has 16 heteroatoms. The second-order valence-corrected chi connectivity index (χ2v) is 8.03. The molecule has 4 unspecified atom stereocenters. The minimum atomic E-state index is -1.27. The Hall–Kier alpha value is -4.21. The van der Waals surface area contributed by atoms with Crippen molar-refractivity contribution in [1.29, 1.82) is 0 Å². The number of aliphatic carboxylic acids is 1. The van der Waals surface area contributed by atoms with Crippen molar-refractivity contribution >= 4 is 35.6 Å². The number of aromatic nitrogens is 2. The number of amides is 4. The standard InChI is InChI=1S/C20H34N10O6/c1-10(16(32)30-14(19(35)36)3-2-6-26-20(23)24)28-18(34)13(4-5-15(22)31)29-17(33)12(21)7-11-8-25-9-27-11/h8-10,12-14H,2-7,21H2,1H3,(H2,22,31)(H,25,27)(H,28,34)(H,29,33)(H,30,32)(H,35,36)(H4,23,24,26). The van der Waals surface area contributed by atoms with Gasteiger partial charge in [0.25, 0.3) is 0 Å². The third-order valence-corrected chi connectivity index (χ3v) is 4.96. The molecule has 0 aliphatic rings. The van der Waals surface area contributed by atoms with Gasteiger partial charge in [-0.1, -0.05) is 0 Å². The zero-order chi connectivity index (χ0) is 27.3. The van der Waals surface area contributed by atoms with Gasteiger partial charge in [0.2, 0.25) is 23.6 Å². The van der Waals surface area contributed by atoms with Crippen LogP contribution in [0.1, 0.15) is 38.3 Å². The number of nitrogens with two attached hydrogens (primary N) is 4. The Kier molecular flexibility index (Phi) is 12.4. The van der Waals surface area contributed by atoms with E-state index in [0.717, 1.165) is 0 Å². The summed E-state index contributed by atoms with van der Waals surface area (Å²) in [4.78, 5) is 70.8. The summed E-state index contributed by atoms with van der Waals surface area (Å²) in [5.74, 6) is -4.32. The lowest BCUT2D eigenvalue weighted by Crippen LogP contribution is -2.56. The quantitative estimate of drug-likeness (QED) is 0.0592. The minimum Gasteiger partial charge on any atom is -0.480 e. The number of nitrogens with zero attached hydrogens (tertiary/aromatic N) is 2. The fourth-order valence-electron chi connectivity index (χ4n) is 3.00. The van der Waals surface area contributed by atoms with E-state index in [1.807, 2.05) is 0 Å². The average molecular weight is 511 g/mol. The van der Waals surface area contributed by atoms with Gasteiger partial charge >= 0.3 is 5.97 Å². The van der Waals surface area contributed by atoms with E-state index in [-0.39, 0.29) is 44.6 Å². The second-order valence-electron chi connectivity index (χ2n) is 8.03.